The van der Waals surface area contributed by atoms with Crippen LogP contribution in [0.4, 0.5) is 0 Å². The van der Waals surface area contributed by atoms with Crippen LogP contribution in [0.1, 0.15) is 68.5 Å². The Morgan fingerprint density at radius 2 is 1.83 bits per heavy atom. The van der Waals surface area contributed by atoms with Gasteiger partial charge in [0.1, 0.15) is 0 Å². The number of hydrogen-bond donors (Lipinski definition) is 1. The Morgan fingerprint density at radius 3 is 2.33 bits per heavy atom. The van der Waals surface area contributed by atoms with Crippen molar-refractivity contribution in [2.24, 2.45) is 5.92 Å². The summed E-state index contributed by atoms with van der Waals surface area (Å²) in [5.74, 6) is 1.85. The van der Waals surface area contributed by atoms with Crippen molar-refractivity contribution in [3.05, 3.63) is 35.4 Å². The van der Waals surface area contributed by atoms with Crippen molar-refractivity contribution in [1.29, 1.82) is 0 Å². The van der Waals surface area contributed by atoms with E-state index in [0.717, 1.165) is 18.4 Å². The Labute approximate surface area is 111 Å². The van der Waals surface area contributed by atoms with Crippen LogP contribution in [0.5, 0.6) is 0 Å². The van der Waals surface area contributed by atoms with Crippen molar-refractivity contribution in [1.82, 2.24) is 5.32 Å². The van der Waals surface area contributed by atoms with Gasteiger partial charge in [0.15, 0.2) is 0 Å². The lowest BCUT2D eigenvalue weighted by Crippen LogP contribution is -2.21. The highest BCUT2D eigenvalue weighted by Crippen LogP contribution is 2.39. The van der Waals surface area contributed by atoms with Crippen LogP contribution < -0.4 is 5.32 Å². The van der Waals surface area contributed by atoms with Crippen molar-refractivity contribution < 1.29 is 0 Å². The van der Waals surface area contributed by atoms with Gasteiger partial charge in [0.05, 0.1) is 0 Å². The minimum atomic E-state index is 0.581. The second kappa shape index (κ2) is 5.44. The zero-order valence-electron chi connectivity index (χ0n) is 11.5. The largest absolute Gasteiger partial charge is 0.310 e. The summed E-state index contributed by atoms with van der Waals surface area (Å²) in [5.41, 5.74) is 3.05. The molecule has 3 rings (SSSR count). The first-order valence-corrected chi connectivity index (χ1v) is 7.70. The highest BCUT2D eigenvalue weighted by Gasteiger charge is 2.26. The smallest absolute Gasteiger partial charge is 0.0322 e. The van der Waals surface area contributed by atoms with Crippen LogP contribution in [0.25, 0.3) is 0 Å². The van der Waals surface area contributed by atoms with Crippen LogP contribution >= 0.6 is 0 Å². The first-order chi connectivity index (χ1) is 8.86. The molecule has 2 aliphatic rings. The topological polar surface area (TPSA) is 12.0 Å². The van der Waals surface area contributed by atoms with Gasteiger partial charge in [-0.25, -0.2) is 0 Å². The molecule has 2 fully saturated rings. The fraction of sp³-hybridized carbons (Fsp3) is 0.647. The molecule has 0 bridgehead atoms. The van der Waals surface area contributed by atoms with Gasteiger partial charge in [-0.2, -0.15) is 0 Å². The van der Waals surface area contributed by atoms with E-state index < -0.39 is 0 Å². The summed E-state index contributed by atoms with van der Waals surface area (Å²) in [4.78, 5) is 0. The van der Waals surface area contributed by atoms with Gasteiger partial charge in [-0.05, 0) is 48.8 Å². The van der Waals surface area contributed by atoms with E-state index in [0.29, 0.717) is 6.04 Å². The lowest BCUT2D eigenvalue weighted by Gasteiger charge is -2.26. The number of hydrogen-bond acceptors (Lipinski definition) is 1. The van der Waals surface area contributed by atoms with E-state index in [-0.39, 0.29) is 0 Å². The number of benzene rings is 1. The second-order valence-electron chi connectivity index (χ2n) is 6.08. The average Bonchev–Trinajstić information content (AvgIpc) is 3.11. The molecule has 1 unspecified atom stereocenters. The first-order valence-electron chi connectivity index (χ1n) is 7.70. The van der Waals surface area contributed by atoms with Crippen LogP contribution in [0.15, 0.2) is 24.3 Å². The predicted molar refractivity (Wildman–Crippen MR) is 76.8 cm³/mol. The Morgan fingerprint density at radius 1 is 1.11 bits per heavy atom. The summed E-state index contributed by atoms with van der Waals surface area (Å²) in [5, 5.41) is 3.65. The van der Waals surface area contributed by atoms with Crippen molar-refractivity contribution in [2.75, 3.05) is 6.54 Å². The molecule has 1 heteroatoms. The zero-order chi connectivity index (χ0) is 12.4. The van der Waals surface area contributed by atoms with Gasteiger partial charge in [-0.1, -0.05) is 50.5 Å². The van der Waals surface area contributed by atoms with Crippen molar-refractivity contribution in [2.45, 2.75) is 57.4 Å². The molecule has 0 amide bonds. The number of nitrogens with one attached hydrogen (secondary N) is 1. The molecule has 0 saturated heterocycles. The molecule has 0 radical (unpaired) electrons. The molecule has 1 aromatic rings. The Balaban J connectivity index is 1.67. The Kier molecular flexibility index (Phi) is 3.69. The molecule has 98 valence electrons. The molecular formula is C17H25N. The third kappa shape index (κ3) is 2.77. The average molecular weight is 243 g/mol. The molecule has 1 N–H and O–H groups in total. The monoisotopic (exact) mass is 243 g/mol. The summed E-state index contributed by atoms with van der Waals surface area (Å²) in [6, 6.07) is 10.1. The maximum Gasteiger partial charge on any atom is 0.0322 e. The summed E-state index contributed by atoms with van der Waals surface area (Å²) in [7, 11) is 0. The standard InChI is InChI=1S/C17H25N/c1-2-18-17(12-13-6-7-13)16-10-8-15(9-11-16)14-4-3-5-14/h8-11,13-14,17-18H,2-7,12H2,1H3. The second-order valence-corrected chi connectivity index (χ2v) is 6.08. The Hall–Kier alpha value is -0.820. The summed E-state index contributed by atoms with van der Waals surface area (Å²) in [6.45, 7) is 3.28. The van der Waals surface area contributed by atoms with E-state index in [1.54, 1.807) is 5.56 Å². The van der Waals surface area contributed by atoms with Crippen LogP contribution in [-0.2, 0) is 0 Å². The fourth-order valence-corrected chi connectivity index (χ4v) is 3.01. The fourth-order valence-electron chi connectivity index (χ4n) is 3.01. The highest BCUT2D eigenvalue weighted by atomic mass is 14.9. The number of rotatable bonds is 6. The lowest BCUT2D eigenvalue weighted by molar-refractivity contribution is 0.419. The lowest BCUT2D eigenvalue weighted by atomic mass is 9.80. The quantitative estimate of drug-likeness (QED) is 0.780. The van der Waals surface area contributed by atoms with Gasteiger partial charge >= 0.3 is 0 Å². The summed E-state index contributed by atoms with van der Waals surface area (Å²) >= 11 is 0. The van der Waals surface area contributed by atoms with Gasteiger partial charge in [-0.15, -0.1) is 0 Å². The molecule has 2 aliphatic carbocycles. The van der Waals surface area contributed by atoms with E-state index in [1.807, 2.05) is 0 Å². The minimum Gasteiger partial charge on any atom is -0.310 e. The maximum absolute atomic E-state index is 3.65. The highest BCUT2D eigenvalue weighted by molar-refractivity contribution is 5.28. The van der Waals surface area contributed by atoms with Gasteiger partial charge in [0, 0.05) is 6.04 Å². The van der Waals surface area contributed by atoms with E-state index in [9.17, 15) is 0 Å². The van der Waals surface area contributed by atoms with Gasteiger partial charge in [0.2, 0.25) is 0 Å². The van der Waals surface area contributed by atoms with Crippen LogP contribution in [0.2, 0.25) is 0 Å². The van der Waals surface area contributed by atoms with Gasteiger partial charge in [0.25, 0.3) is 0 Å². The molecule has 18 heavy (non-hydrogen) atoms. The SMILES string of the molecule is CCNC(CC1CC1)c1ccc(C2CCC2)cc1. The molecule has 0 spiro atoms. The molecule has 0 heterocycles. The first kappa shape index (κ1) is 12.2. The minimum absolute atomic E-state index is 0.581. The Bertz CT molecular complexity index is 373. The molecule has 1 aromatic carbocycles. The van der Waals surface area contributed by atoms with Crippen molar-refractivity contribution in [3.63, 3.8) is 0 Å². The van der Waals surface area contributed by atoms with Crippen molar-refractivity contribution in [3.8, 4) is 0 Å². The third-order valence-corrected chi connectivity index (χ3v) is 4.63. The molecule has 0 aliphatic heterocycles. The van der Waals surface area contributed by atoms with E-state index in [4.69, 9.17) is 0 Å². The molecule has 0 aromatic heterocycles. The third-order valence-electron chi connectivity index (χ3n) is 4.63. The normalized spacial score (nSPS) is 21.6. The summed E-state index contributed by atoms with van der Waals surface area (Å²) in [6.07, 6.45) is 8.45. The molecule has 2 saturated carbocycles. The predicted octanol–water partition coefficient (Wildman–Crippen LogP) is 4.40. The van der Waals surface area contributed by atoms with Crippen LogP contribution in [0.3, 0.4) is 0 Å². The van der Waals surface area contributed by atoms with E-state index in [1.165, 1.54) is 44.1 Å². The van der Waals surface area contributed by atoms with Crippen molar-refractivity contribution >= 4 is 0 Å². The molecule has 1 nitrogen and oxygen atoms in total. The molecular weight excluding hydrogens is 218 g/mol. The van der Waals surface area contributed by atoms with Crippen LogP contribution in [-0.4, -0.2) is 6.54 Å². The van der Waals surface area contributed by atoms with Gasteiger partial charge in [-0.3, -0.25) is 0 Å². The zero-order valence-corrected chi connectivity index (χ0v) is 11.5. The van der Waals surface area contributed by atoms with E-state index >= 15 is 0 Å². The van der Waals surface area contributed by atoms with Gasteiger partial charge < -0.3 is 5.32 Å². The summed E-state index contributed by atoms with van der Waals surface area (Å²) < 4.78 is 0. The molecule has 1 atom stereocenters. The van der Waals surface area contributed by atoms with E-state index in [2.05, 4.69) is 36.5 Å². The van der Waals surface area contributed by atoms with Crippen LogP contribution in [0, 0.1) is 5.92 Å². The maximum atomic E-state index is 3.65.